The van der Waals surface area contributed by atoms with Crippen LogP contribution in [0.5, 0.6) is 5.75 Å². The smallest absolute Gasteiger partial charge is 0.335 e. The van der Waals surface area contributed by atoms with Gasteiger partial charge >= 0.3 is 5.97 Å². The fraction of sp³-hybridized carbons (Fsp3) is 0.133. The second kappa shape index (κ2) is 5.69. The highest BCUT2D eigenvalue weighted by atomic mass is 32.2. The lowest BCUT2D eigenvalue weighted by Crippen LogP contribution is -2.14. The predicted octanol–water partition coefficient (Wildman–Crippen LogP) is 2.51. The molecule has 0 aliphatic carbocycles. The fourth-order valence-electron chi connectivity index (χ4n) is 2.05. The average Bonchev–Trinajstić information content (AvgIpc) is 2.40. The van der Waals surface area contributed by atoms with E-state index in [1.54, 1.807) is 19.1 Å². The van der Waals surface area contributed by atoms with Gasteiger partial charge < -0.3 is 10.2 Å². The van der Waals surface area contributed by atoms with Crippen molar-refractivity contribution in [1.29, 1.82) is 0 Å². The van der Waals surface area contributed by atoms with Crippen LogP contribution in [0.15, 0.2) is 41.3 Å². The van der Waals surface area contributed by atoms with Crippen LogP contribution in [0.1, 0.15) is 21.5 Å². The zero-order valence-corrected chi connectivity index (χ0v) is 12.8. The minimum Gasteiger partial charge on any atom is -0.506 e. The Balaban J connectivity index is 2.39. The van der Waals surface area contributed by atoms with Crippen molar-refractivity contribution >= 4 is 21.7 Å². The number of phenolic OH excluding ortho intramolecular Hbond substituents is 1. The molecule has 0 fully saturated rings. The van der Waals surface area contributed by atoms with Crippen LogP contribution in [0.2, 0.25) is 0 Å². The highest BCUT2D eigenvalue weighted by molar-refractivity contribution is 7.92. The quantitative estimate of drug-likeness (QED) is 0.751. The van der Waals surface area contributed by atoms with E-state index in [1.165, 1.54) is 18.2 Å². The molecule has 0 spiro atoms. The molecule has 2 rings (SSSR count). The summed E-state index contributed by atoms with van der Waals surface area (Å²) in [5.74, 6) is -1.66. The fourth-order valence-corrected chi connectivity index (χ4v) is 3.35. The average molecular weight is 321 g/mol. The van der Waals surface area contributed by atoms with Gasteiger partial charge in [-0.15, -0.1) is 0 Å². The van der Waals surface area contributed by atoms with Crippen molar-refractivity contribution < 1.29 is 23.4 Å². The van der Waals surface area contributed by atoms with Crippen LogP contribution in [-0.4, -0.2) is 24.6 Å². The summed E-state index contributed by atoms with van der Waals surface area (Å²) in [6.07, 6.45) is 0. The summed E-state index contributed by atoms with van der Waals surface area (Å²) < 4.78 is 27.0. The molecule has 2 aromatic carbocycles. The largest absolute Gasteiger partial charge is 0.506 e. The monoisotopic (exact) mass is 321 g/mol. The molecule has 6 nitrogen and oxygen atoms in total. The molecule has 0 aliphatic rings. The molecule has 0 bridgehead atoms. The Kier molecular flexibility index (Phi) is 4.09. The first-order valence-electron chi connectivity index (χ1n) is 6.37. The minimum atomic E-state index is -3.87. The highest BCUT2D eigenvalue weighted by Crippen LogP contribution is 2.28. The third-order valence-electron chi connectivity index (χ3n) is 3.11. The van der Waals surface area contributed by atoms with Gasteiger partial charge in [-0.2, -0.15) is 0 Å². The highest BCUT2D eigenvalue weighted by Gasteiger charge is 2.19. The van der Waals surface area contributed by atoms with Crippen molar-refractivity contribution in [2.75, 3.05) is 4.72 Å². The number of carboxylic acid groups (broad SMARTS) is 1. The van der Waals surface area contributed by atoms with E-state index in [2.05, 4.69) is 4.72 Å². The first-order chi connectivity index (χ1) is 10.2. The third kappa shape index (κ3) is 3.20. The molecule has 0 heterocycles. The van der Waals surface area contributed by atoms with Crippen molar-refractivity contribution in [1.82, 2.24) is 0 Å². The number of aryl methyl sites for hydroxylation is 2. The van der Waals surface area contributed by atoms with Crippen LogP contribution in [0, 0.1) is 13.8 Å². The number of rotatable bonds is 4. The molecule has 0 amide bonds. The maximum absolute atomic E-state index is 12.4. The lowest BCUT2D eigenvalue weighted by molar-refractivity contribution is 0.0696. The van der Waals surface area contributed by atoms with E-state index in [-0.39, 0.29) is 16.1 Å². The van der Waals surface area contributed by atoms with E-state index in [0.29, 0.717) is 5.56 Å². The van der Waals surface area contributed by atoms with Crippen LogP contribution in [0.25, 0.3) is 0 Å². The number of phenols is 1. The van der Waals surface area contributed by atoms with E-state index in [1.807, 2.05) is 6.92 Å². The van der Waals surface area contributed by atoms with E-state index in [0.717, 1.165) is 11.6 Å². The maximum atomic E-state index is 12.4. The Morgan fingerprint density at radius 3 is 2.32 bits per heavy atom. The van der Waals surface area contributed by atoms with Crippen molar-refractivity contribution in [2.45, 2.75) is 18.7 Å². The molecule has 0 atom stereocenters. The van der Waals surface area contributed by atoms with Crippen LogP contribution in [-0.2, 0) is 10.0 Å². The lowest BCUT2D eigenvalue weighted by atomic mass is 10.2. The molecule has 0 radical (unpaired) electrons. The summed E-state index contributed by atoms with van der Waals surface area (Å²) in [4.78, 5) is 10.9. The molecule has 0 aliphatic heterocycles. The molecule has 0 aromatic heterocycles. The number of nitrogens with one attached hydrogen (secondary N) is 1. The summed E-state index contributed by atoms with van der Waals surface area (Å²) in [5.41, 5.74) is 1.30. The molecule has 3 N–H and O–H groups in total. The van der Waals surface area contributed by atoms with Crippen LogP contribution in [0.4, 0.5) is 5.69 Å². The van der Waals surface area contributed by atoms with Crippen molar-refractivity contribution in [2.24, 2.45) is 0 Å². The molecule has 22 heavy (non-hydrogen) atoms. The summed E-state index contributed by atoms with van der Waals surface area (Å²) in [5, 5.41) is 18.6. The Hall–Kier alpha value is -2.54. The molecule has 0 saturated carbocycles. The normalized spacial score (nSPS) is 11.2. The Morgan fingerprint density at radius 2 is 1.77 bits per heavy atom. The first-order valence-corrected chi connectivity index (χ1v) is 7.85. The number of hydrogen-bond acceptors (Lipinski definition) is 4. The van der Waals surface area contributed by atoms with Gasteiger partial charge in [-0.3, -0.25) is 4.72 Å². The van der Waals surface area contributed by atoms with Gasteiger partial charge in [0.15, 0.2) is 0 Å². The van der Waals surface area contributed by atoms with Crippen LogP contribution < -0.4 is 4.72 Å². The second-order valence-electron chi connectivity index (χ2n) is 4.91. The SMILES string of the molecule is Cc1ccc(S(=O)(=O)Nc2ccc(C(=O)O)cc2O)c(C)c1. The number of aromatic hydroxyl groups is 1. The number of anilines is 1. The number of hydrogen-bond donors (Lipinski definition) is 3. The number of sulfonamides is 1. The molecule has 2 aromatic rings. The first kappa shape index (κ1) is 15.8. The van der Waals surface area contributed by atoms with Gasteiger partial charge in [0.25, 0.3) is 10.0 Å². The molecule has 0 saturated heterocycles. The Morgan fingerprint density at radius 1 is 1.09 bits per heavy atom. The maximum Gasteiger partial charge on any atom is 0.335 e. The molecular formula is C15H15NO5S. The number of carboxylic acids is 1. The van der Waals surface area contributed by atoms with E-state index in [4.69, 9.17) is 5.11 Å². The summed E-state index contributed by atoms with van der Waals surface area (Å²) >= 11 is 0. The summed E-state index contributed by atoms with van der Waals surface area (Å²) in [6.45, 7) is 3.53. The minimum absolute atomic E-state index is 0.0787. The van der Waals surface area contributed by atoms with E-state index < -0.39 is 21.7 Å². The van der Waals surface area contributed by atoms with Gasteiger partial charge in [0.1, 0.15) is 5.75 Å². The van der Waals surface area contributed by atoms with Crippen LogP contribution >= 0.6 is 0 Å². The summed E-state index contributed by atoms with van der Waals surface area (Å²) in [7, 11) is -3.87. The Bertz CT molecular complexity index is 843. The van der Waals surface area contributed by atoms with E-state index >= 15 is 0 Å². The standard InChI is InChI=1S/C15H15NO5S/c1-9-3-6-14(10(2)7-9)22(20,21)16-12-5-4-11(15(18)19)8-13(12)17/h3-8,16-17H,1-2H3,(H,18,19). The lowest BCUT2D eigenvalue weighted by Gasteiger charge is -2.12. The van der Waals surface area contributed by atoms with Gasteiger partial charge in [-0.25, -0.2) is 13.2 Å². The van der Waals surface area contributed by atoms with Gasteiger partial charge in [-0.1, -0.05) is 17.7 Å². The van der Waals surface area contributed by atoms with Crippen molar-refractivity contribution in [3.05, 3.63) is 53.1 Å². The van der Waals surface area contributed by atoms with Gasteiger partial charge in [-0.05, 0) is 43.7 Å². The second-order valence-corrected chi connectivity index (χ2v) is 6.56. The third-order valence-corrected chi connectivity index (χ3v) is 4.63. The van der Waals surface area contributed by atoms with Crippen LogP contribution in [0.3, 0.4) is 0 Å². The number of carbonyl (C=O) groups is 1. The molecule has 7 heteroatoms. The number of aromatic carboxylic acids is 1. The zero-order valence-electron chi connectivity index (χ0n) is 12.0. The van der Waals surface area contributed by atoms with Crippen molar-refractivity contribution in [3.63, 3.8) is 0 Å². The van der Waals surface area contributed by atoms with Gasteiger partial charge in [0.05, 0.1) is 16.1 Å². The topological polar surface area (TPSA) is 104 Å². The predicted molar refractivity (Wildman–Crippen MR) is 81.8 cm³/mol. The Labute approximate surface area is 128 Å². The van der Waals surface area contributed by atoms with E-state index in [9.17, 15) is 18.3 Å². The zero-order chi connectivity index (χ0) is 16.5. The molecule has 0 unspecified atom stereocenters. The number of benzene rings is 2. The van der Waals surface area contributed by atoms with Gasteiger partial charge in [0.2, 0.25) is 0 Å². The summed E-state index contributed by atoms with van der Waals surface area (Å²) in [6, 6.07) is 8.30. The van der Waals surface area contributed by atoms with Gasteiger partial charge in [0, 0.05) is 0 Å². The van der Waals surface area contributed by atoms with Crippen molar-refractivity contribution in [3.8, 4) is 5.75 Å². The molecule has 116 valence electrons. The molecular weight excluding hydrogens is 306 g/mol.